The Morgan fingerprint density at radius 3 is 2.19 bits per heavy atom. The van der Waals surface area contributed by atoms with Crippen LogP contribution in [0, 0.1) is 10.1 Å². The molecule has 0 bridgehead atoms. The summed E-state index contributed by atoms with van der Waals surface area (Å²) in [6, 6.07) is 6.09. The van der Waals surface area contributed by atoms with E-state index < -0.39 is 4.92 Å². The van der Waals surface area contributed by atoms with E-state index >= 15 is 0 Å². The van der Waals surface area contributed by atoms with Gasteiger partial charge in [0.15, 0.2) is 0 Å². The summed E-state index contributed by atoms with van der Waals surface area (Å²) < 4.78 is 0. The quantitative estimate of drug-likeness (QED) is 0.536. The first kappa shape index (κ1) is 20.8. The molecule has 2 amide bonds. The average molecular weight is 377 g/mol. The number of para-hydroxylation sites is 2. The molecule has 1 saturated heterocycles. The smallest absolute Gasteiger partial charge is 0.292 e. The molecule has 1 aliphatic rings. The first-order valence-electron chi connectivity index (χ1n) is 9.20. The topological polar surface area (TPSA) is 99.0 Å². The summed E-state index contributed by atoms with van der Waals surface area (Å²) in [6.45, 7) is 8.71. The van der Waals surface area contributed by atoms with Crippen LogP contribution < -0.4 is 5.32 Å². The van der Waals surface area contributed by atoms with Crippen LogP contribution >= 0.6 is 0 Å². The van der Waals surface area contributed by atoms with Gasteiger partial charge in [0, 0.05) is 45.3 Å². The van der Waals surface area contributed by atoms with Crippen LogP contribution in [0.1, 0.15) is 13.8 Å². The highest BCUT2D eigenvalue weighted by Crippen LogP contribution is 2.23. The molecular formula is C18H27N5O4. The molecule has 0 aliphatic carbocycles. The zero-order valence-electron chi connectivity index (χ0n) is 15.9. The van der Waals surface area contributed by atoms with Crippen molar-refractivity contribution in [3.63, 3.8) is 0 Å². The van der Waals surface area contributed by atoms with Gasteiger partial charge in [0.25, 0.3) is 5.69 Å². The molecule has 1 N–H and O–H groups in total. The molecule has 0 saturated carbocycles. The van der Waals surface area contributed by atoms with Gasteiger partial charge < -0.3 is 10.2 Å². The van der Waals surface area contributed by atoms with E-state index in [2.05, 4.69) is 10.2 Å². The van der Waals surface area contributed by atoms with Crippen molar-refractivity contribution in [2.24, 2.45) is 0 Å². The summed E-state index contributed by atoms with van der Waals surface area (Å²) in [6.07, 6.45) is 0. The molecule has 1 fully saturated rings. The van der Waals surface area contributed by atoms with E-state index in [9.17, 15) is 19.7 Å². The third-order valence-corrected chi connectivity index (χ3v) is 4.68. The van der Waals surface area contributed by atoms with Crippen LogP contribution in [0.15, 0.2) is 24.3 Å². The number of nitrogens with zero attached hydrogens (tertiary/aromatic N) is 4. The zero-order valence-corrected chi connectivity index (χ0v) is 15.9. The summed E-state index contributed by atoms with van der Waals surface area (Å²) in [4.78, 5) is 40.8. The lowest BCUT2D eigenvalue weighted by Crippen LogP contribution is -2.51. The Morgan fingerprint density at radius 1 is 1.07 bits per heavy atom. The van der Waals surface area contributed by atoms with Gasteiger partial charge in [-0.15, -0.1) is 0 Å². The van der Waals surface area contributed by atoms with E-state index in [1.165, 1.54) is 12.1 Å². The summed E-state index contributed by atoms with van der Waals surface area (Å²) in [7, 11) is 0. The Morgan fingerprint density at radius 2 is 1.63 bits per heavy atom. The zero-order chi connectivity index (χ0) is 19.8. The molecule has 9 nitrogen and oxygen atoms in total. The van der Waals surface area contributed by atoms with Gasteiger partial charge in [-0.25, -0.2) is 0 Å². The number of nitro benzene ring substituents is 1. The second-order valence-electron chi connectivity index (χ2n) is 6.44. The lowest BCUT2D eigenvalue weighted by atomic mass is 10.2. The van der Waals surface area contributed by atoms with Crippen LogP contribution in [-0.4, -0.2) is 83.8 Å². The SMILES string of the molecule is CCN(CC)C(=O)CN1CCN(CC(=O)Nc2ccccc2[N+](=O)[O-])CC1. The van der Waals surface area contributed by atoms with E-state index in [4.69, 9.17) is 0 Å². The number of carbonyl (C=O) groups is 2. The Hall–Kier alpha value is -2.52. The molecule has 2 rings (SSSR count). The van der Waals surface area contributed by atoms with Crippen molar-refractivity contribution in [2.45, 2.75) is 13.8 Å². The van der Waals surface area contributed by atoms with Crippen molar-refractivity contribution in [3.8, 4) is 0 Å². The minimum atomic E-state index is -0.513. The van der Waals surface area contributed by atoms with Gasteiger partial charge in [-0.2, -0.15) is 0 Å². The number of anilines is 1. The van der Waals surface area contributed by atoms with Gasteiger partial charge in [-0.3, -0.25) is 29.5 Å². The van der Waals surface area contributed by atoms with E-state index in [0.29, 0.717) is 45.8 Å². The van der Waals surface area contributed by atoms with E-state index in [1.807, 2.05) is 23.6 Å². The lowest BCUT2D eigenvalue weighted by Gasteiger charge is -2.34. The van der Waals surface area contributed by atoms with Gasteiger partial charge in [0.05, 0.1) is 18.0 Å². The minimum Gasteiger partial charge on any atom is -0.342 e. The van der Waals surface area contributed by atoms with Crippen LogP contribution in [-0.2, 0) is 9.59 Å². The third kappa shape index (κ3) is 6.00. The molecule has 27 heavy (non-hydrogen) atoms. The number of benzene rings is 1. The standard InChI is InChI=1S/C18H27N5O4/c1-3-22(4-2)18(25)14-21-11-9-20(10-12-21)13-17(24)19-15-7-5-6-8-16(15)23(26)27/h5-8H,3-4,9-14H2,1-2H3,(H,19,24). The molecule has 1 aromatic carbocycles. The second kappa shape index (κ2) is 9.98. The van der Waals surface area contributed by atoms with Gasteiger partial charge in [-0.05, 0) is 19.9 Å². The predicted molar refractivity (Wildman–Crippen MR) is 103 cm³/mol. The largest absolute Gasteiger partial charge is 0.342 e. The van der Waals surface area contributed by atoms with Crippen molar-refractivity contribution in [3.05, 3.63) is 34.4 Å². The highest BCUT2D eigenvalue weighted by Gasteiger charge is 2.23. The average Bonchev–Trinajstić information content (AvgIpc) is 2.64. The Bertz CT molecular complexity index is 669. The monoisotopic (exact) mass is 377 g/mol. The second-order valence-corrected chi connectivity index (χ2v) is 6.44. The molecule has 1 aromatic rings. The normalized spacial score (nSPS) is 15.3. The van der Waals surface area contributed by atoms with E-state index in [0.717, 1.165) is 0 Å². The van der Waals surface area contributed by atoms with Gasteiger partial charge in [0.2, 0.25) is 11.8 Å². The van der Waals surface area contributed by atoms with E-state index in [1.54, 1.807) is 12.1 Å². The number of nitro groups is 1. The summed E-state index contributed by atoms with van der Waals surface area (Å²) in [5.41, 5.74) is 0.0848. The number of carbonyl (C=O) groups excluding carboxylic acids is 2. The van der Waals surface area contributed by atoms with Crippen molar-refractivity contribution in [2.75, 3.05) is 57.7 Å². The third-order valence-electron chi connectivity index (χ3n) is 4.68. The molecule has 1 aliphatic heterocycles. The minimum absolute atomic E-state index is 0.120. The van der Waals surface area contributed by atoms with Crippen LogP contribution in [0.4, 0.5) is 11.4 Å². The number of amides is 2. The summed E-state index contributed by atoms with van der Waals surface area (Å²) in [5.74, 6) is -0.153. The molecule has 9 heteroatoms. The maximum Gasteiger partial charge on any atom is 0.292 e. The van der Waals surface area contributed by atoms with Crippen molar-refractivity contribution < 1.29 is 14.5 Å². The van der Waals surface area contributed by atoms with Gasteiger partial charge >= 0.3 is 0 Å². The Labute approximate surface area is 159 Å². The molecule has 0 atom stereocenters. The number of nitrogens with one attached hydrogen (secondary N) is 1. The first-order chi connectivity index (χ1) is 12.9. The molecule has 0 aromatic heterocycles. The van der Waals surface area contributed by atoms with Crippen molar-refractivity contribution in [1.29, 1.82) is 0 Å². The predicted octanol–water partition coefficient (Wildman–Crippen LogP) is 1.02. The van der Waals surface area contributed by atoms with Crippen LogP contribution in [0.3, 0.4) is 0 Å². The maximum atomic E-state index is 12.2. The summed E-state index contributed by atoms with van der Waals surface area (Å²) >= 11 is 0. The van der Waals surface area contributed by atoms with Crippen LogP contribution in [0.2, 0.25) is 0 Å². The Balaban J connectivity index is 1.79. The fourth-order valence-electron chi connectivity index (χ4n) is 3.10. The molecular weight excluding hydrogens is 350 g/mol. The van der Waals surface area contributed by atoms with Crippen molar-refractivity contribution >= 4 is 23.2 Å². The number of hydrogen-bond donors (Lipinski definition) is 1. The van der Waals surface area contributed by atoms with Gasteiger partial charge in [-0.1, -0.05) is 12.1 Å². The summed E-state index contributed by atoms with van der Waals surface area (Å²) in [5, 5.41) is 13.6. The lowest BCUT2D eigenvalue weighted by molar-refractivity contribution is -0.383. The number of piperazine rings is 1. The van der Waals surface area contributed by atoms with Gasteiger partial charge in [0.1, 0.15) is 5.69 Å². The number of rotatable bonds is 8. The molecule has 0 unspecified atom stereocenters. The highest BCUT2D eigenvalue weighted by atomic mass is 16.6. The molecule has 0 spiro atoms. The van der Waals surface area contributed by atoms with Crippen LogP contribution in [0.5, 0.6) is 0 Å². The number of hydrogen-bond acceptors (Lipinski definition) is 6. The van der Waals surface area contributed by atoms with Crippen molar-refractivity contribution in [1.82, 2.24) is 14.7 Å². The fourth-order valence-corrected chi connectivity index (χ4v) is 3.10. The first-order valence-corrected chi connectivity index (χ1v) is 9.20. The highest BCUT2D eigenvalue weighted by molar-refractivity contribution is 5.94. The molecule has 1 heterocycles. The molecule has 0 radical (unpaired) electrons. The maximum absolute atomic E-state index is 12.2. The van der Waals surface area contributed by atoms with E-state index in [-0.39, 0.29) is 29.7 Å². The molecule has 148 valence electrons. The number of likely N-dealkylation sites (N-methyl/N-ethyl adjacent to an activating group) is 1. The Kier molecular flexibility index (Phi) is 7.68. The van der Waals surface area contributed by atoms with Crippen LogP contribution in [0.25, 0.3) is 0 Å². The fraction of sp³-hybridized carbons (Fsp3) is 0.556.